The smallest absolute Gasteiger partial charge is 0.246 e. The molecule has 1 atom stereocenters. The van der Waals surface area contributed by atoms with E-state index < -0.39 is 0 Å². The van der Waals surface area contributed by atoms with Gasteiger partial charge in [-0.15, -0.1) is 10.2 Å². The van der Waals surface area contributed by atoms with E-state index in [9.17, 15) is 0 Å². The number of rotatable bonds is 4. The first-order valence-corrected chi connectivity index (χ1v) is 11.4. The van der Waals surface area contributed by atoms with E-state index in [0.717, 1.165) is 47.8 Å². The Hall–Kier alpha value is -3.36. The summed E-state index contributed by atoms with van der Waals surface area (Å²) >= 11 is 12.6. The van der Waals surface area contributed by atoms with E-state index in [2.05, 4.69) is 20.5 Å². The summed E-state index contributed by atoms with van der Waals surface area (Å²) in [5, 5.41) is 13.7. The molecule has 0 fully saturated rings. The van der Waals surface area contributed by atoms with Crippen molar-refractivity contribution in [1.82, 2.24) is 29.4 Å². The van der Waals surface area contributed by atoms with E-state index in [1.165, 1.54) is 0 Å². The van der Waals surface area contributed by atoms with Gasteiger partial charge < -0.3 is 9.73 Å². The molecule has 5 aromatic rings. The van der Waals surface area contributed by atoms with Crippen LogP contribution in [0.2, 0.25) is 10.0 Å². The number of fused-ring (bicyclic) bond motifs is 2. The number of benzene rings is 2. The monoisotopic (exact) mass is 479 g/mol. The van der Waals surface area contributed by atoms with Gasteiger partial charge in [-0.05, 0) is 61.7 Å². The zero-order valence-corrected chi connectivity index (χ0v) is 19.2. The van der Waals surface area contributed by atoms with Crippen LogP contribution in [0.5, 0.6) is 0 Å². The highest BCUT2D eigenvalue weighted by atomic mass is 35.5. The number of hydrogen-bond acceptors (Lipinski definition) is 6. The molecule has 0 saturated carbocycles. The van der Waals surface area contributed by atoms with Crippen LogP contribution in [0.3, 0.4) is 0 Å². The van der Waals surface area contributed by atoms with Gasteiger partial charge in [-0.1, -0.05) is 29.3 Å². The molecule has 6 rings (SSSR count). The quantitative estimate of drug-likeness (QED) is 0.347. The zero-order valence-electron chi connectivity index (χ0n) is 17.7. The lowest BCUT2D eigenvalue weighted by Gasteiger charge is -2.23. The Morgan fingerprint density at radius 3 is 2.73 bits per heavy atom. The van der Waals surface area contributed by atoms with Gasteiger partial charge in [-0.25, -0.2) is 9.67 Å². The summed E-state index contributed by atoms with van der Waals surface area (Å²) in [6, 6.07) is 13.4. The minimum Gasteiger partial charge on any atom is -0.417 e. The minimum absolute atomic E-state index is 0.0854. The summed E-state index contributed by atoms with van der Waals surface area (Å²) in [6.07, 6.45) is 3.64. The second-order valence-electron chi connectivity index (χ2n) is 8.04. The van der Waals surface area contributed by atoms with Gasteiger partial charge in [0.25, 0.3) is 0 Å². The van der Waals surface area contributed by atoms with Gasteiger partial charge in [0.1, 0.15) is 11.6 Å². The molecule has 33 heavy (non-hydrogen) atoms. The summed E-state index contributed by atoms with van der Waals surface area (Å²) < 4.78 is 9.43. The molecule has 3 aromatic heterocycles. The van der Waals surface area contributed by atoms with E-state index in [-0.39, 0.29) is 5.92 Å². The average molecular weight is 480 g/mol. The van der Waals surface area contributed by atoms with Crippen molar-refractivity contribution in [2.24, 2.45) is 0 Å². The van der Waals surface area contributed by atoms with Crippen LogP contribution < -0.4 is 5.32 Å². The Bertz CT molecular complexity index is 1470. The van der Waals surface area contributed by atoms with Crippen LogP contribution in [-0.2, 0) is 6.54 Å². The largest absolute Gasteiger partial charge is 0.417 e. The number of aryl methyl sites for hydroxylation is 2. The Balaban J connectivity index is 1.24. The van der Waals surface area contributed by atoms with Gasteiger partial charge >= 0.3 is 0 Å². The summed E-state index contributed by atoms with van der Waals surface area (Å²) in [7, 11) is 0. The molecular formula is C23H19Cl2N7O. The fourth-order valence-electron chi connectivity index (χ4n) is 4.24. The molecule has 0 spiro atoms. The molecular weight excluding hydrogens is 461 g/mol. The Kier molecular flexibility index (Phi) is 4.85. The first kappa shape index (κ1) is 20.3. The van der Waals surface area contributed by atoms with Crippen molar-refractivity contribution in [3.05, 3.63) is 75.9 Å². The number of aromatic nitrogens is 6. The zero-order chi connectivity index (χ0) is 22.5. The summed E-state index contributed by atoms with van der Waals surface area (Å²) in [4.78, 5) is 8.97. The Labute approximate surface area is 199 Å². The molecule has 0 radical (unpaired) electrons. The predicted molar refractivity (Wildman–Crippen MR) is 126 cm³/mol. The molecule has 166 valence electrons. The van der Waals surface area contributed by atoms with E-state index in [1.54, 1.807) is 16.8 Å². The maximum Gasteiger partial charge on any atom is 0.246 e. The van der Waals surface area contributed by atoms with Crippen LogP contribution in [0.1, 0.15) is 36.0 Å². The average Bonchev–Trinajstić information content (AvgIpc) is 3.50. The second-order valence-corrected chi connectivity index (χ2v) is 8.89. The standard InChI is InChI=1S/C23H19Cl2N7O/c1-13-26-12-20-32(13)29-22(33-20)14-4-7-16(8-5-14)27-23-28-21-18(3-2-10-31(21)30-23)17-9-6-15(24)11-19(17)25/h4-9,11-12,18H,2-3,10H2,1H3,(H,27,30). The molecule has 0 saturated heterocycles. The van der Waals surface area contributed by atoms with Crippen molar-refractivity contribution in [3.63, 3.8) is 0 Å². The summed E-state index contributed by atoms with van der Waals surface area (Å²) in [5.74, 6) is 2.87. The highest BCUT2D eigenvalue weighted by Gasteiger charge is 2.27. The number of nitrogens with one attached hydrogen (secondary N) is 1. The summed E-state index contributed by atoms with van der Waals surface area (Å²) in [6.45, 7) is 2.71. The van der Waals surface area contributed by atoms with Crippen molar-refractivity contribution in [1.29, 1.82) is 0 Å². The number of anilines is 2. The van der Waals surface area contributed by atoms with E-state index in [4.69, 9.17) is 32.6 Å². The van der Waals surface area contributed by atoms with E-state index in [0.29, 0.717) is 27.6 Å². The number of hydrogen-bond donors (Lipinski definition) is 1. The first-order chi connectivity index (χ1) is 16.0. The van der Waals surface area contributed by atoms with Crippen LogP contribution in [0.25, 0.3) is 17.2 Å². The van der Waals surface area contributed by atoms with E-state index >= 15 is 0 Å². The summed E-state index contributed by atoms with van der Waals surface area (Å²) in [5.41, 5.74) is 3.39. The van der Waals surface area contributed by atoms with Gasteiger partial charge in [0.2, 0.25) is 17.6 Å². The SMILES string of the molecule is Cc1ncc2oc(-c3ccc(Nc4nc5n(n4)CCCC5c4ccc(Cl)cc4Cl)cc3)nn12. The normalized spacial score (nSPS) is 15.7. The maximum atomic E-state index is 6.48. The maximum absolute atomic E-state index is 6.48. The number of nitrogens with zero attached hydrogens (tertiary/aromatic N) is 6. The van der Waals surface area contributed by atoms with Gasteiger partial charge in [0, 0.05) is 33.8 Å². The molecule has 8 nitrogen and oxygen atoms in total. The van der Waals surface area contributed by atoms with Crippen LogP contribution >= 0.6 is 23.2 Å². The lowest BCUT2D eigenvalue weighted by molar-refractivity contribution is 0.446. The highest BCUT2D eigenvalue weighted by Crippen LogP contribution is 2.37. The fourth-order valence-corrected chi connectivity index (χ4v) is 4.78. The predicted octanol–water partition coefficient (Wildman–Crippen LogP) is 5.87. The van der Waals surface area contributed by atoms with Crippen LogP contribution in [0, 0.1) is 6.92 Å². The fraction of sp³-hybridized carbons (Fsp3) is 0.217. The molecule has 1 N–H and O–H groups in total. The van der Waals surface area contributed by atoms with E-state index in [1.807, 2.05) is 48.0 Å². The lowest BCUT2D eigenvalue weighted by Crippen LogP contribution is -2.18. The molecule has 4 heterocycles. The van der Waals surface area contributed by atoms with Crippen LogP contribution in [0.15, 0.2) is 53.1 Å². The third kappa shape index (κ3) is 3.65. The molecule has 1 aliphatic heterocycles. The molecule has 0 bridgehead atoms. The molecule has 0 aliphatic carbocycles. The van der Waals surface area contributed by atoms with Crippen molar-refractivity contribution < 1.29 is 4.42 Å². The van der Waals surface area contributed by atoms with Gasteiger partial charge in [0.15, 0.2) is 0 Å². The Morgan fingerprint density at radius 1 is 1.09 bits per heavy atom. The first-order valence-electron chi connectivity index (χ1n) is 10.6. The van der Waals surface area contributed by atoms with Gasteiger partial charge in [-0.3, -0.25) is 0 Å². The van der Waals surface area contributed by atoms with Crippen molar-refractivity contribution >= 4 is 40.6 Å². The third-order valence-corrected chi connectivity index (χ3v) is 6.43. The van der Waals surface area contributed by atoms with Crippen molar-refractivity contribution in [2.75, 3.05) is 5.32 Å². The highest BCUT2D eigenvalue weighted by molar-refractivity contribution is 6.35. The Morgan fingerprint density at radius 2 is 1.94 bits per heavy atom. The number of halogens is 2. The van der Waals surface area contributed by atoms with Crippen molar-refractivity contribution in [2.45, 2.75) is 32.2 Å². The van der Waals surface area contributed by atoms with Crippen molar-refractivity contribution in [3.8, 4) is 11.5 Å². The molecule has 2 aromatic carbocycles. The molecule has 0 amide bonds. The topological polar surface area (TPSA) is 86.1 Å². The van der Waals surface area contributed by atoms with Gasteiger partial charge in [0.05, 0.1) is 6.20 Å². The molecule has 1 unspecified atom stereocenters. The second kappa shape index (κ2) is 7.90. The minimum atomic E-state index is 0.0854. The molecule has 1 aliphatic rings. The lowest BCUT2D eigenvalue weighted by atomic mass is 9.91. The molecule has 10 heteroatoms. The number of imidazole rings is 1. The van der Waals surface area contributed by atoms with Crippen LogP contribution in [0.4, 0.5) is 11.6 Å². The third-order valence-electron chi connectivity index (χ3n) is 5.87. The van der Waals surface area contributed by atoms with Gasteiger partial charge in [-0.2, -0.15) is 9.50 Å². The van der Waals surface area contributed by atoms with Crippen LogP contribution in [-0.4, -0.2) is 29.4 Å².